The van der Waals surface area contributed by atoms with Crippen molar-refractivity contribution < 1.29 is 14.6 Å². The van der Waals surface area contributed by atoms with Gasteiger partial charge in [-0.3, -0.25) is 0 Å². The zero-order valence-electron chi connectivity index (χ0n) is 9.02. The van der Waals surface area contributed by atoms with Gasteiger partial charge in [0.1, 0.15) is 17.0 Å². The number of esters is 1. The Morgan fingerprint density at radius 3 is 2.75 bits per heavy atom. The Morgan fingerprint density at radius 2 is 2.06 bits per heavy atom. The number of hydrogen-bond donors (Lipinski definition) is 1. The molecule has 82 valence electrons. The second kappa shape index (κ2) is 3.81. The molecule has 0 saturated heterocycles. The largest absolute Gasteiger partial charge is 0.506 e. The van der Waals surface area contributed by atoms with E-state index in [1.54, 1.807) is 24.3 Å². The van der Waals surface area contributed by atoms with Crippen LogP contribution in [-0.2, 0) is 4.74 Å². The van der Waals surface area contributed by atoms with E-state index in [4.69, 9.17) is 0 Å². The van der Waals surface area contributed by atoms with Crippen LogP contribution in [0.4, 0.5) is 0 Å². The van der Waals surface area contributed by atoms with Crippen LogP contribution in [0.15, 0.2) is 24.3 Å². The average molecular weight is 217 g/mol. The third-order valence-corrected chi connectivity index (χ3v) is 2.45. The van der Waals surface area contributed by atoms with E-state index in [2.05, 4.69) is 9.72 Å². The van der Waals surface area contributed by atoms with Crippen molar-refractivity contribution in [2.75, 3.05) is 7.11 Å². The highest BCUT2D eigenvalue weighted by atomic mass is 16.5. The third kappa shape index (κ3) is 1.58. The maximum Gasteiger partial charge on any atom is 0.356 e. The quantitative estimate of drug-likeness (QED) is 0.742. The monoisotopic (exact) mass is 217 g/mol. The molecule has 16 heavy (non-hydrogen) atoms. The number of aromatic hydroxyl groups is 1. The minimum atomic E-state index is -0.511. The van der Waals surface area contributed by atoms with Crippen LogP contribution < -0.4 is 0 Å². The number of benzene rings is 1. The number of aryl methyl sites for hydroxylation is 1. The molecule has 4 nitrogen and oxygen atoms in total. The molecule has 0 aliphatic heterocycles. The van der Waals surface area contributed by atoms with Crippen molar-refractivity contribution in [1.29, 1.82) is 0 Å². The van der Waals surface area contributed by atoms with E-state index in [1.165, 1.54) is 7.11 Å². The van der Waals surface area contributed by atoms with Crippen molar-refractivity contribution in [3.63, 3.8) is 0 Å². The van der Waals surface area contributed by atoms with Gasteiger partial charge in [0.15, 0.2) is 0 Å². The molecule has 0 radical (unpaired) electrons. The smallest absolute Gasteiger partial charge is 0.356 e. The van der Waals surface area contributed by atoms with Gasteiger partial charge in [0, 0.05) is 5.39 Å². The first kappa shape index (κ1) is 10.4. The number of carbonyl (C=O) groups excluding carboxylic acids is 1. The fraction of sp³-hybridized carbons (Fsp3) is 0.167. The molecule has 1 aromatic heterocycles. The summed E-state index contributed by atoms with van der Waals surface area (Å²) in [4.78, 5) is 15.4. The minimum absolute atomic E-state index is 0.0614. The van der Waals surface area contributed by atoms with Crippen molar-refractivity contribution >= 4 is 16.9 Å². The number of rotatable bonds is 1. The topological polar surface area (TPSA) is 59.4 Å². The number of ether oxygens (including phenoxy) is 1. The van der Waals surface area contributed by atoms with Gasteiger partial charge in [-0.1, -0.05) is 6.07 Å². The lowest BCUT2D eigenvalue weighted by atomic mass is 10.1. The molecule has 4 heteroatoms. The van der Waals surface area contributed by atoms with Crippen molar-refractivity contribution in [3.8, 4) is 5.75 Å². The number of hydrogen-bond acceptors (Lipinski definition) is 4. The normalized spacial score (nSPS) is 10.4. The summed E-state index contributed by atoms with van der Waals surface area (Å²) in [6.07, 6.45) is 0. The van der Waals surface area contributed by atoms with E-state index >= 15 is 0 Å². The van der Waals surface area contributed by atoms with E-state index in [9.17, 15) is 9.90 Å². The summed E-state index contributed by atoms with van der Waals surface area (Å²) >= 11 is 0. The molecule has 0 unspecified atom stereocenters. The summed E-state index contributed by atoms with van der Waals surface area (Å²) in [5.74, 6) is -0.450. The lowest BCUT2D eigenvalue weighted by Crippen LogP contribution is -2.04. The summed E-state index contributed by atoms with van der Waals surface area (Å²) in [7, 11) is 1.30. The molecule has 1 aromatic carbocycles. The molecule has 0 atom stereocenters. The molecule has 0 fully saturated rings. The maximum absolute atomic E-state index is 11.3. The first-order chi connectivity index (χ1) is 7.63. The molecule has 2 rings (SSSR count). The second-order valence-corrected chi connectivity index (χ2v) is 3.49. The molecule has 0 saturated carbocycles. The minimum Gasteiger partial charge on any atom is -0.506 e. The van der Waals surface area contributed by atoms with E-state index in [0.29, 0.717) is 5.52 Å². The molecule has 0 amide bonds. The number of aromatic nitrogens is 1. The molecule has 1 N–H and O–H groups in total. The van der Waals surface area contributed by atoms with Crippen molar-refractivity contribution in [3.05, 3.63) is 35.5 Å². The highest BCUT2D eigenvalue weighted by molar-refractivity contribution is 5.93. The third-order valence-electron chi connectivity index (χ3n) is 2.45. The summed E-state index contributed by atoms with van der Waals surface area (Å²) < 4.78 is 4.57. The van der Waals surface area contributed by atoms with Gasteiger partial charge in [0.05, 0.1) is 7.11 Å². The van der Waals surface area contributed by atoms with Crippen LogP contribution >= 0.6 is 0 Å². The Bertz CT molecular complexity index is 563. The predicted octanol–water partition coefficient (Wildman–Crippen LogP) is 2.04. The number of methoxy groups -OCH3 is 1. The first-order valence-electron chi connectivity index (χ1n) is 4.81. The van der Waals surface area contributed by atoms with Crippen LogP contribution in [0.2, 0.25) is 0 Å². The van der Waals surface area contributed by atoms with E-state index < -0.39 is 5.97 Å². The van der Waals surface area contributed by atoms with Gasteiger partial charge >= 0.3 is 5.97 Å². The van der Waals surface area contributed by atoms with Crippen molar-refractivity contribution in [1.82, 2.24) is 4.98 Å². The summed E-state index contributed by atoms with van der Waals surface area (Å²) in [5, 5.41) is 10.5. The number of phenolic OH excluding ortho intramolecular Hbond substituents is 1. The lowest BCUT2D eigenvalue weighted by molar-refractivity contribution is 0.0594. The highest BCUT2D eigenvalue weighted by Gasteiger charge is 2.10. The molecule has 0 aliphatic rings. The Balaban J connectivity index is 2.70. The number of pyridine rings is 1. The molecule has 2 aromatic rings. The second-order valence-electron chi connectivity index (χ2n) is 3.49. The zero-order valence-corrected chi connectivity index (χ0v) is 9.02. The first-order valence-corrected chi connectivity index (χ1v) is 4.81. The Morgan fingerprint density at radius 1 is 1.31 bits per heavy atom. The summed E-state index contributed by atoms with van der Waals surface area (Å²) in [5.41, 5.74) is 1.61. The fourth-order valence-electron chi connectivity index (χ4n) is 1.56. The highest BCUT2D eigenvalue weighted by Crippen LogP contribution is 2.25. The number of carbonyl (C=O) groups is 1. The zero-order chi connectivity index (χ0) is 11.7. The summed E-state index contributed by atoms with van der Waals surface area (Å²) in [6.45, 7) is 1.92. The van der Waals surface area contributed by atoms with Crippen LogP contribution in [0.25, 0.3) is 10.9 Å². The standard InChI is InChI=1S/C12H11NO3/c1-7-3-6-10(14)11-8(7)4-5-9(13-11)12(15)16-2/h3-6,14H,1-2H3. The number of nitrogens with zero attached hydrogens (tertiary/aromatic N) is 1. The van der Waals surface area contributed by atoms with Gasteiger partial charge in [-0.05, 0) is 30.7 Å². The molecule has 0 aliphatic carbocycles. The van der Waals surface area contributed by atoms with Crippen molar-refractivity contribution in [2.24, 2.45) is 0 Å². The molecule has 0 spiro atoms. The number of phenols is 1. The molecule has 1 heterocycles. The average Bonchev–Trinajstić information content (AvgIpc) is 2.32. The van der Waals surface area contributed by atoms with Gasteiger partial charge in [-0.2, -0.15) is 0 Å². The van der Waals surface area contributed by atoms with Crippen molar-refractivity contribution in [2.45, 2.75) is 6.92 Å². The molecular weight excluding hydrogens is 206 g/mol. The van der Waals surface area contributed by atoms with Gasteiger partial charge < -0.3 is 9.84 Å². The van der Waals surface area contributed by atoms with Crippen LogP contribution in [0.3, 0.4) is 0 Å². The molecular formula is C12H11NO3. The SMILES string of the molecule is COC(=O)c1ccc2c(C)ccc(O)c2n1. The van der Waals surface area contributed by atoms with Crippen LogP contribution in [0.1, 0.15) is 16.1 Å². The van der Waals surface area contributed by atoms with Crippen LogP contribution in [0, 0.1) is 6.92 Å². The Hall–Kier alpha value is -2.10. The van der Waals surface area contributed by atoms with E-state index in [0.717, 1.165) is 10.9 Å². The lowest BCUT2D eigenvalue weighted by Gasteiger charge is -2.05. The Labute approximate surface area is 92.5 Å². The fourth-order valence-corrected chi connectivity index (χ4v) is 1.56. The Kier molecular flexibility index (Phi) is 2.48. The van der Waals surface area contributed by atoms with E-state index in [1.807, 2.05) is 6.92 Å². The van der Waals surface area contributed by atoms with Gasteiger partial charge in [-0.15, -0.1) is 0 Å². The van der Waals surface area contributed by atoms with E-state index in [-0.39, 0.29) is 11.4 Å². The molecule has 0 bridgehead atoms. The predicted molar refractivity (Wildman–Crippen MR) is 59.5 cm³/mol. The summed E-state index contributed by atoms with van der Waals surface area (Å²) in [6, 6.07) is 6.70. The van der Waals surface area contributed by atoms with Gasteiger partial charge in [-0.25, -0.2) is 9.78 Å². The van der Waals surface area contributed by atoms with Gasteiger partial charge in [0.25, 0.3) is 0 Å². The number of fused-ring (bicyclic) bond motifs is 1. The van der Waals surface area contributed by atoms with Crippen LogP contribution in [-0.4, -0.2) is 23.2 Å². The maximum atomic E-state index is 11.3. The van der Waals surface area contributed by atoms with Gasteiger partial charge in [0.2, 0.25) is 0 Å². The van der Waals surface area contributed by atoms with Crippen LogP contribution in [0.5, 0.6) is 5.75 Å².